The molecule has 6 N–H and O–H groups in total. The van der Waals surface area contributed by atoms with Gasteiger partial charge in [-0.25, -0.2) is 9.59 Å². The Morgan fingerprint density at radius 1 is 0.800 bits per heavy atom. The standard InChI is InChI=1S/C35H53N3O12/c1-10-20(3)26(36-7)24(39)17-35(49,31(44)45)30(43)34(48,29(42)27(37-8)21(4)11-2)18-25(40)33(6,47)28(41)22(5)38(9)32(46)50-19-23-15-13-12-14-16-23/h12-16,20-22,26-27,36-37,47-49H,10-11,17-19H2,1-9H3,(H,44,45)/t20?,21?,22-,26-,27-,33?,34?,35?/m0/s1. The Bertz CT molecular complexity index is 1400. The first-order valence-electron chi connectivity index (χ1n) is 16.5. The quantitative estimate of drug-likeness (QED) is 0.0917. The molecular formula is C35H53N3O12. The molecule has 8 atom stereocenters. The summed E-state index contributed by atoms with van der Waals surface area (Å²) in [7, 11) is 3.90. The van der Waals surface area contributed by atoms with E-state index in [0.717, 1.165) is 11.8 Å². The lowest BCUT2D eigenvalue weighted by atomic mass is 9.71. The molecule has 280 valence electrons. The molecule has 5 unspecified atom stereocenters. The highest BCUT2D eigenvalue weighted by molar-refractivity contribution is 6.25. The molecule has 1 amide bonds. The number of likely N-dealkylation sites (N-methyl/N-ethyl adjacent to an activating group) is 3. The van der Waals surface area contributed by atoms with Crippen LogP contribution in [0.25, 0.3) is 0 Å². The topological polar surface area (TPSA) is 237 Å². The number of amides is 1. The van der Waals surface area contributed by atoms with Crippen LogP contribution in [0.1, 0.15) is 72.8 Å². The summed E-state index contributed by atoms with van der Waals surface area (Å²) in [6.07, 6.45) is -3.27. The second-order valence-electron chi connectivity index (χ2n) is 13.0. The number of benzene rings is 1. The van der Waals surface area contributed by atoms with Crippen molar-refractivity contribution in [2.45, 2.75) is 109 Å². The number of carboxylic acids is 1. The Kier molecular flexibility index (Phi) is 16.2. The highest BCUT2D eigenvalue weighted by Crippen LogP contribution is 2.31. The minimum absolute atomic E-state index is 0.151. The monoisotopic (exact) mass is 707 g/mol. The zero-order chi connectivity index (χ0) is 38.8. The van der Waals surface area contributed by atoms with Gasteiger partial charge in [-0.1, -0.05) is 70.9 Å². The number of aliphatic hydroxyl groups is 3. The number of nitrogens with one attached hydrogen (secondary N) is 2. The van der Waals surface area contributed by atoms with Gasteiger partial charge >= 0.3 is 12.1 Å². The lowest BCUT2D eigenvalue weighted by molar-refractivity contribution is -0.181. The van der Waals surface area contributed by atoms with E-state index in [1.54, 1.807) is 58.0 Å². The fourth-order valence-corrected chi connectivity index (χ4v) is 5.51. The molecule has 0 heterocycles. The van der Waals surface area contributed by atoms with Crippen molar-refractivity contribution in [2.75, 3.05) is 21.1 Å². The molecule has 0 fully saturated rings. The molecule has 50 heavy (non-hydrogen) atoms. The van der Waals surface area contributed by atoms with Crippen LogP contribution in [0.4, 0.5) is 4.79 Å². The number of ether oxygens (including phenoxy) is 1. The number of ketones is 5. The summed E-state index contributed by atoms with van der Waals surface area (Å²) < 4.78 is 5.20. The van der Waals surface area contributed by atoms with Gasteiger partial charge in [0.1, 0.15) is 6.61 Å². The van der Waals surface area contributed by atoms with Crippen LogP contribution in [-0.2, 0) is 40.1 Å². The third-order valence-corrected chi connectivity index (χ3v) is 9.51. The second kappa shape index (κ2) is 18.4. The van der Waals surface area contributed by atoms with Gasteiger partial charge in [0.25, 0.3) is 0 Å². The highest BCUT2D eigenvalue weighted by Gasteiger charge is 2.61. The Morgan fingerprint density at radius 2 is 1.30 bits per heavy atom. The lowest BCUT2D eigenvalue weighted by Gasteiger charge is -2.37. The molecule has 15 heteroatoms. The summed E-state index contributed by atoms with van der Waals surface area (Å²) in [5.41, 5.74) is -9.77. The van der Waals surface area contributed by atoms with Crippen LogP contribution < -0.4 is 10.6 Å². The number of hydrogen-bond donors (Lipinski definition) is 6. The van der Waals surface area contributed by atoms with E-state index in [1.807, 2.05) is 0 Å². The van der Waals surface area contributed by atoms with Crippen molar-refractivity contribution in [3.05, 3.63) is 35.9 Å². The van der Waals surface area contributed by atoms with Crippen molar-refractivity contribution in [1.29, 1.82) is 0 Å². The molecule has 0 spiro atoms. The fraction of sp³-hybridized carbons (Fsp3) is 0.629. The van der Waals surface area contributed by atoms with E-state index in [0.29, 0.717) is 18.4 Å². The normalized spacial score (nSPS) is 18.1. The Labute approximate surface area is 292 Å². The average Bonchev–Trinajstić information content (AvgIpc) is 3.09. The summed E-state index contributed by atoms with van der Waals surface area (Å²) in [5, 5.41) is 49.8. The van der Waals surface area contributed by atoms with Crippen LogP contribution in [0.15, 0.2) is 30.3 Å². The SMILES string of the molecule is CCC(C)[C@H](NC)C(=O)CC(O)(C(=O)O)C(=O)C(O)(CC(=O)C(C)(O)C(=O)[C@H](C)N(C)C(=O)OCc1ccccc1)C(=O)[C@@H](NC)C(C)CC. The number of Topliss-reactive ketones (excluding diaryl/α,β-unsaturated/α-hetero) is 5. The second-order valence-corrected chi connectivity index (χ2v) is 13.0. The molecule has 1 aromatic rings. The number of nitrogens with zero attached hydrogens (tertiary/aromatic N) is 1. The molecule has 0 aromatic heterocycles. The zero-order valence-corrected chi connectivity index (χ0v) is 30.3. The Morgan fingerprint density at radius 3 is 1.76 bits per heavy atom. The highest BCUT2D eigenvalue weighted by atomic mass is 16.6. The van der Waals surface area contributed by atoms with Crippen molar-refractivity contribution in [1.82, 2.24) is 15.5 Å². The van der Waals surface area contributed by atoms with Crippen LogP contribution in [-0.4, -0.2) is 122 Å². The molecule has 0 saturated heterocycles. The van der Waals surface area contributed by atoms with Gasteiger partial charge < -0.3 is 40.7 Å². The summed E-state index contributed by atoms with van der Waals surface area (Å²) in [6.45, 7) is 8.43. The number of carbonyl (C=O) groups excluding carboxylic acids is 6. The van der Waals surface area contributed by atoms with E-state index in [-0.39, 0.29) is 12.5 Å². The minimum atomic E-state index is -3.70. The third kappa shape index (κ3) is 9.88. The van der Waals surface area contributed by atoms with E-state index in [4.69, 9.17) is 4.74 Å². The first-order chi connectivity index (χ1) is 23.1. The first kappa shape index (κ1) is 44.1. The van der Waals surface area contributed by atoms with E-state index in [1.165, 1.54) is 28.1 Å². The van der Waals surface area contributed by atoms with Gasteiger partial charge in [0.15, 0.2) is 34.3 Å². The van der Waals surface area contributed by atoms with Crippen molar-refractivity contribution in [3.8, 4) is 0 Å². The smallest absolute Gasteiger partial charge is 0.410 e. The lowest BCUT2D eigenvalue weighted by Crippen LogP contribution is -2.67. The molecule has 0 aliphatic carbocycles. The molecule has 1 aromatic carbocycles. The maximum absolute atomic E-state index is 14.0. The Balaban J connectivity index is 3.59. The van der Waals surface area contributed by atoms with Crippen LogP contribution in [0.5, 0.6) is 0 Å². The molecule has 0 radical (unpaired) electrons. The molecule has 1 rings (SSSR count). The molecular weight excluding hydrogens is 654 g/mol. The van der Waals surface area contributed by atoms with Crippen molar-refractivity contribution >= 4 is 41.0 Å². The van der Waals surface area contributed by atoms with E-state index in [9.17, 15) is 54.0 Å². The van der Waals surface area contributed by atoms with Gasteiger partial charge in [-0.15, -0.1) is 0 Å². The number of carboxylic acid groups (broad SMARTS) is 1. The molecule has 0 saturated carbocycles. The zero-order valence-electron chi connectivity index (χ0n) is 30.3. The summed E-state index contributed by atoms with van der Waals surface area (Å²) in [4.78, 5) is 94.4. The first-order valence-corrected chi connectivity index (χ1v) is 16.5. The van der Waals surface area contributed by atoms with Gasteiger partial charge in [0.2, 0.25) is 11.4 Å². The predicted molar refractivity (Wildman–Crippen MR) is 181 cm³/mol. The average molecular weight is 708 g/mol. The number of rotatable bonds is 22. The van der Waals surface area contributed by atoms with Crippen molar-refractivity contribution in [2.24, 2.45) is 11.8 Å². The summed E-state index contributed by atoms with van der Waals surface area (Å²) in [5.74, 6) is -10.6. The fourth-order valence-electron chi connectivity index (χ4n) is 5.51. The largest absolute Gasteiger partial charge is 0.479 e. The maximum Gasteiger partial charge on any atom is 0.410 e. The van der Waals surface area contributed by atoms with Crippen molar-refractivity contribution in [3.63, 3.8) is 0 Å². The van der Waals surface area contributed by atoms with Gasteiger partial charge in [0, 0.05) is 7.05 Å². The van der Waals surface area contributed by atoms with Gasteiger partial charge in [-0.2, -0.15) is 0 Å². The van der Waals surface area contributed by atoms with Crippen LogP contribution >= 0.6 is 0 Å². The summed E-state index contributed by atoms with van der Waals surface area (Å²) in [6, 6.07) is 4.67. The van der Waals surface area contributed by atoms with Crippen LogP contribution in [0.2, 0.25) is 0 Å². The summed E-state index contributed by atoms with van der Waals surface area (Å²) >= 11 is 0. The Hall–Kier alpha value is -3.89. The van der Waals surface area contributed by atoms with Crippen molar-refractivity contribution < 1.29 is 58.7 Å². The van der Waals surface area contributed by atoms with E-state index >= 15 is 0 Å². The number of hydrogen-bond acceptors (Lipinski definition) is 13. The predicted octanol–water partition coefficient (Wildman–Crippen LogP) is 0.835. The maximum atomic E-state index is 14.0. The van der Waals surface area contributed by atoms with E-state index < -0.39 is 94.7 Å². The molecule has 0 aliphatic rings. The van der Waals surface area contributed by atoms with Gasteiger partial charge in [0.05, 0.1) is 31.0 Å². The molecule has 15 nitrogen and oxygen atoms in total. The number of carbonyl (C=O) groups is 7. The number of aliphatic carboxylic acids is 1. The minimum Gasteiger partial charge on any atom is -0.479 e. The van der Waals surface area contributed by atoms with Gasteiger partial charge in [-0.3, -0.25) is 24.0 Å². The van der Waals surface area contributed by atoms with Crippen LogP contribution in [0, 0.1) is 11.8 Å². The van der Waals surface area contributed by atoms with Crippen LogP contribution in [0.3, 0.4) is 0 Å². The molecule has 0 aliphatic heterocycles. The van der Waals surface area contributed by atoms with Gasteiger partial charge in [-0.05, 0) is 45.3 Å². The molecule has 0 bridgehead atoms. The third-order valence-electron chi connectivity index (χ3n) is 9.51. The van der Waals surface area contributed by atoms with E-state index in [2.05, 4.69) is 10.6 Å².